The number of aryl methyl sites for hydroxylation is 1. The molecular formula is C19H22N6OS. The van der Waals surface area contributed by atoms with E-state index in [1.165, 1.54) is 23.4 Å². The van der Waals surface area contributed by atoms with Crippen LogP contribution in [-0.4, -0.2) is 35.2 Å². The van der Waals surface area contributed by atoms with Crippen LogP contribution in [0.5, 0.6) is 0 Å². The molecule has 0 aliphatic heterocycles. The smallest absolute Gasteiger partial charge is 0.281 e. The quantitative estimate of drug-likeness (QED) is 0.504. The van der Waals surface area contributed by atoms with E-state index >= 15 is 0 Å². The number of amides is 1. The molecule has 0 unspecified atom stereocenters. The summed E-state index contributed by atoms with van der Waals surface area (Å²) >= 11 is 1.28. The van der Waals surface area contributed by atoms with E-state index in [0.717, 1.165) is 29.6 Å². The summed E-state index contributed by atoms with van der Waals surface area (Å²) in [6, 6.07) is 8.05. The zero-order chi connectivity index (χ0) is 19.4. The first kappa shape index (κ1) is 18.8. The predicted octanol–water partition coefficient (Wildman–Crippen LogP) is 3.19. The lowest BCUT2D eigenvalue weighted by Gasteiger charge is -2.20. The molecule has 8 heteroatoms. The Balaban J connectivity index is 1.70. The minimum atomic E-state index is -0.286. The van der Waals surface area contributed by atoms with Crippen LogP contribution in [0.2, 0.25) is 0 Å². The Hall–Kier alpha value is -3.00. The summed E-state index contributed by atoms with van der Waals surface area (Å²) in [5, 5.41) is 4.79. The fourth-order valence-corrected chi connectivity index (χ4v) is 3.94. The molecule has 3 N–H and O–H groups in total. The van der Waals surface area contributed by atoms with E-state index in [1.54, 1.807) is 6.21 Å². The lowest BCUT2D eigenvalue weighted by atomic mass is 10.2. The Kier molecular flexibility index (Phi) is 5.66. The van der Waals surface area contributed by atoms with Crippen LogP contribution in [0, 0.1) is 6.92 Å². The molecule has 0 aliphatic carbocycles. The maximum atomic E-state index is 12.4. The fraction of sp³-hybridized carbons (Fsp3) is 0.263. The molecule has 2 heterocycles. The molecule has 7 nitrogen and oxygen atoms in total. The molecule has 1 amide bonds. The van der Waals surface area contributed by atoms with Crippen LogP contribution in [0.1, 0.15) is 34.6 Å². The molecule has 0 atom stereocenters. The zero-order valence-corrected chi connectivity index (χ0v) is 16.4. The zero-order valence-electron chi connectivity index (χ0n) is 15.6. The van der Waals surface area contributed by atoms with E-state index in [-0.39, 0.29) is 5.91 Å². The second-order valence-corrected chi connectivity index (χ2v) is 6.96. The van der Waals surface area contributed by atoms with Gasteiger partial charge in [-0.25, -0.2) is 15.4 Å². The number of aromatic nitrogens is 2. The van der Waals surface area contributed by atoms with Gasteiger partial charge < -0.3 is 10.6 Å². The summed E-state index contributed by atoms with van der Waals surface area (Å²) < 4.78 is 0. The van der Waals surface area contributed by atoms with Crippen LogP contribution in [0.3, 0.4) is 0 Å². The monoisotopic (exact) mass is 382 g/mol. The Morgan fingerprint density at radius 2 is 1.96 bits per heavy atom. The van der Waals surface area contributed by atoms with Gasteiger partial charge in [0.25, 0.3) is 5.91 Å². The second kappa shape index (κ2) is 8.13. The molecule has 0 fully saturated rings. The predicted molar refractivity (Wildman–Crippen MR) is 112 cm³/mol. The van der Waals surface area contributed by atoms with Gasteiger partial charge in [0.2, 0.25) is 0 Å². The van der Waals surface area contributed by atoms with Gasteiger partial charge in [-0.1, -0.05) is 12.1 Å². The molecule has 1 aromatic carbocycles. The molecule has 2 aromatic heterocycles. The van der Waals surface area contributed by atoms with Crippen LogP contribution in [0.4, 0.5) is 11.5 Å². The van der Waals surface area contributed by atoms with E-state index in [1.807, 2.05) is 31.2 Å². The van der Waals surface area contributed by atoms with E-state index < -0.39 is 0 Å². The van der Waals surface area contributed by atoms with Gasteiger partial charge in [0.15, 0.2) is 0 Å². The number of hydrogen-bond acceptors (Lipinski definition) is 7. The highest BCUT2D eigenvalue weighted by atomic mass is 32.1. The lowest BCUT2D eigenvalue weighted by Crippen LogP contribution is -2.21. The van der Waals surface area contributed by atoms with Crippen molar-refractivity contribution in [2.24, 2.45) is 5.10 Å². The summed E-state index contributed by atoms with van der Waals surface area (Å²) in [6.45, 7) is 8.02. The maximum absolute atomic E-state index is 12.4. The highest BCUT2D eigenvalue weighted by Crippen LogP contribution is 2.31. The molecule has 27 heavy (non-hydrogen) atoms. The van der Waals surface area contributed by atoms with Crippen LogP contribution >= 0.6 is 11.3 Å². The van der Waals surface area contributed by atoms with Crippen LogP contribution in [0.15, 0.2) is 35.7 Å². The van der Waals surface area contributed by atoms with Gasteiger partial charge in [-0.15, -0.1) is 11.3 Å². The third-order valence-corrected chi connectivity index (χ3v) is 5.56. The number of nitrogens with zero attached hydrogens (tertiary/aromatic N) is 4. The van der Waals surface area contributed by atoms with E-state index in [4.69, 9.17) is 5.73 Å². The third-order valence-electron chi connectivity index (χ3n) is 4.36. The average molecular weight is 382 g/mol. The number of nitrogens with two attached hydrogens (primary N) is 1. The maximum Gasteiger partial charge on any atom is 0.281 e. The van der Waals surface area contributed by atoms with Crippen LogP contribution < -0.4 is 16.1 Å². The standard InChI is InChI=1S/C19H22N6OS/c1-4-25(5-2)14-8-6-13(7-9-14)10-23-24-18(26)16-12(3)15-17(20)21-11-22-19(15)27-16/h6-11H,4-5H2,1-3H3,(H,24,26)(H2,20,21,22)/b23-10-. The average Bonchev–Trinajstić information content (AvgIpc) is 3.02. The molecule has 0 aliphatic rings. The fourth-order valence-electron chi connectivity index (χ4n) is 2.89. The molecule has 0 bridgehead atoms. The number of carbonyl (C=O) groups is 1. The van der Waals surface area contributed by atoms with Gasteiger partial charge in [-0.05, 0) is 44.0 Å². The van der Waals surface area contributed by atoms with Crippen molar-refractivity contribution in [1.82, 2.24) is 15.4 Å². The molecule has 0 saturated carbocycles. The number of nitrogens with one attached hydrogen (secondary N) is 1. The first-order chi connectivity index (χ1) is 13.0. The van der Waals surface area contributed by atoms with Crippen molar-refractivity contribution in [3.8, 4) is 0 Å². The Morgan fingerprint density at radius 3 is 2.59 bits per heavy atom. The van der Waals surface area contributed by atoms with E-state index in [2.05, 4.69) is 39.2 Å². The SMILES string of the molecule is CCN(CC)c1ccc(/C=N\NC(=O)c2sc3ncnc(N)c3c2C)cc1. The van der Waals surface area contributed by atoms with Gasteiger partial charge in [-0.2, -0.15) is 5.10 Å². The van der Waals surface area contributed by atoms with Gasteiger partial charge in [0, 0.05) is 18.8 Å². The van der Waals surface area contributed by atoms with Gasteiger partial charge in [-0.3, -0.25) is 4.79 Å². The number of benzene rings is 1. The highest BCUT2D eigenvalue weighted by molar-refractivity contribution is 7.20. The molecule has 3 aromatic rings. The summed E-state index contributed by atoms with van der Waals surface area (Å²) in [6.07, 6.45) is 3.02. The highest BCUT2D eigenvalue weighted by Gasteiger charge is 2.17. The van der Waals surface area contributed by atoms with Crippen molar-refractivity contribution < 1.29 is 4.79 Å². The number of nitrogen functional groups attached to an aromatic ring is 1. The number of thiophene rings is 1. The second-order valence-electron chi connectivity index (χ2n) is 5.96. The number of hydrogen-bond donors (Lipinski definition) is 2. The number of carbonyl (C=O) groups excluding carboxylic acids is 1. The van der Waals surface area contributed by atoms with Crippen molar-refractivity contribution >= 4 is 45.2 Å². The van der Waals surface area contributed by atoms with Crippen LogP contribution in [-0.2, 0) is 0 Å². The van der Waals surface area contributed by atoms with Crippen molar-refractivity contribution in [1.29, 1.82) is 0 Å². The minimum absolute atomic E-state index is 0.286. The molecular weight excluding hydrogens is 360 g/mol. The Labute approximate surface area is 161 Å². The first-order valence-electron chi connectivity index (χ1n) is 8.73. The Bertz CT molecular complexity index is 976. The van der Waals surface area contributed by atoms with Gasteiger partial charge >= 0.3 is 0 Å². The summed E-state index contributed by atoms with van der Waals surface area (Å²) in [5.74, 6) is 0.0931. The van der Waals surface area contributed by atoms with Crippen LogP contribution in [0.25, 0.3) is 10.2 Å². The molecule has 140 valence electrons. The van der Waals surface area contributed by atoms with Crippen molar-refractivity contribution in [2.45, 2.75) is 20.8 Å². The summed E-state index contributed by atoms with van der Waals surface area (Å²) in [5.41, 5.74) is 11.3. The topological polar surface area (TPSA) is 96.5 Å². The van der Waals surface area contributed by atoms with Gasteiger partial charge in [0.05, 0.1) is 16.5 Å². The third kappa shape index (κ3) is 3.90. The normalized spacial score (nSPS) is 11.2. The lowest BCUT2D eigenvalue weighted by molar-refractivity contribution is 0.0958. The largest absolute Gasteiger partial charge is 0.383 e. The Morgan fingerprint density at radius 1 is 1.26 bits per heavy atom. The number of rotatable bonds is 6. The van der Waals surface area contributed by atoms with E-state index in [9.17, 15) is 4.79 Å². The summed E-state index contributed by atoms with van der Waals surface area (Å²) in [7, 11) is 0. The molecule has 0 saturated heterocycles. The minimum Gasteiger partial charge on any atom is -0.383 e. The van der Waals surface area contributed by atoms with Crippen molar-refractivity contribution in [2.75, 3.05) is 23.7 Å². The van der Waals surface area contributed by atoms with Crippen molar-refractivity contribution in [3.05, 3.63) is 46.6 Å². The van der Waals surface area contributed by atoms with E-state index in [0.29, 0.717) is 15.5 Å². The molecule has 0 radical (unpaired) electrons. The number of hydrazone groups is 1. The molecule has 3 rings (SSSR count). The molecule has 0 spiro atoms. The first-order valence-corrected chi connectivity index (χ1v) is 9.54. The summed E-state index contributed by atoms with van der Waals surface area (Å²) in [4.78, 5) is 24.1. The van der Waals surface area contributed by atoms with Gasteiger partial charge in [0.1, 0.15) is 17.0 Å². The number of fused-ring (bicyclic) bond motifs is 1. The number of anilines is 2. The van der Waals surface area contributed by atoms with Crippen molar-refractivity contribution in [3.63, 3.8) is 0 Å².